The summed E-state index contributed by atoms with van der Waals surface area (Å²) in [6.45, 7) is 4.81. The van der Waals surface area contributed by atoms with Crippen molar-refractivity contribution in [3.05, 3.63) is 35.9 Å². The summed E-state index contributed by atoms with van der Waals surface area (Å²) in [7, 11) is 0. The molecule has 18 heavy (non-hydrogen) atoms. The average Bonchev–Trinajstić information content (AvgIpc) is 2.41. The van der Waals surface area contributed by atoms with Crippen LogP contribution in [-0.2, 0) is 11.3 Å². The van der Waals surface area contributed by atoms with E-state index in [1.807, 2.05) is 0 Å². The average molecular weight is 248 g/mol. The second kappa shape index (κ2) is 7.52. The van der Waals surface area contributed by atoms with Gasteiger partial charge in [0.05, 0.1) is 6.10 Å². The molecule has 2 N–H and O–H groups in total. The molecule has 3 nitrogen and oxygen atoms in total. The highest BCUT2D eigenvalue weighted by molar-refractivity contribution is 5.14. The molecule has 0 saturated carbocycles. The van der Waals surface area contributed by atoms with E-state index < -0.39 is 0 Å². The van der Waals surface area contributed by atoms with Gasteiger partial charge in [-0.05, 0) is 37.9 Å². The van der Waals surface area contributed by atoms with Crippen molar-refractivity contribution in [1.29, 1.82) is 0 Å². The summed E-state index contributed by atoms with van der Waals surface area (Å²) in [4.78, 5) is 2.49. The zero-order valence-electron chi connectivity index (χ0n) is 11.1. The van der Waals surface area contributed by atoms with E-state index in [1.54, 1.807) is 0 Å². The molecule has 1 aliphatic rings. The first-order chi connectivity index (χ1) is 8.88. The molecule has 1 unspecified atom stereocenters. The van der Waals surface area contributed by atoms with Crippen LogP contribution >= 0.6 is 0 Å². The second-order valence-corrected chi connectivity index (χ2v) is 5.00. The summed E-state index contributed by atoms with van der Waals surface area (Å²) in [5, 5.41) is 0. The van der Waals surface area contributed by atoms with Gasteiger partial charge >= 0.3 is 0 Å². The van der Waals surface area contributed by atoms with E-state index in [9.17, 15) is 0 Å². The lowest BCUT2D eigenvalue weighted by Crippen LogP contribution is -2.39. The lowest BCUT2D eigenvalue weighted by atomic mass is 10.1. The number of benzene rings is 1. The first-order valence-corrected chi connectivity index (χ1v) is 6.96. The predicted octanol–water partition coefficient (Wildman–Crippen LogP) is 2.02. The van der Waals surface area contributed by atoms with Crippen molar-refractivity contribution >= 4 is 0 Å². The Bertz CT molecular complexity index is 329. The quantitative estimate of drug-likeness (QED) is 0.783. The van der Waals surface area contributed by atoms with Gasteiger partial charge in [0.2, 0.25) is 0 Å². The van der Waals surface area contributed by atoms with Crippen LogP contribution in [-0.4, -0.2) is 37.2 Å². The lowest BCUT2D eigenvalue weighted by Gasteiger charge is -2.32. The van der Waals surface area contributed by atoms with Gasteiger partial charge in [0.25, 0.3) is 0 Å². The lowest BCUT2D eigenvalue weighted by molar-refractivity contribution is -0.00281. The van der Waals surface area contributed by atoms with E-state index in [-0.39, 0.29) is 0 Å². The molecule has 2 rings (SSSR count). The summed E-state index contributed by atoms with van der Waals surface area (Å²) < 4.78 is 5.87. The van der Waals surface area contributed by atoms with Crippen LogP contribution in [0.2, 0.25) is 0 Å². The number of hydrogen-bond acceptors (Lipinski definition) is 3. The standard InChI is InChI=1S/C15H24N2O/c16-9-5-11-18-15-8-4-10-17(13-15)12-14-6-2-1-3-7-14/h1-3,6-7,15H,4-5,8-13,16H2. The Morgan fingerprint density at radius 2 is 2.11 bits per heavy atom. The Labute approximate surface area is 110 Å². The van der Waals surface area contributed by atoms with Crippen LogP contribution in [0.3, 0.4) is 0 Å². The van der Waals surface area contributed by atoms with E-state index in [2.05, 4.69) is 35.2 Å². The highest BCUT2D eigenvalue weighted by Crippen LogP contribution is 2.16. The summed E-state index contributed by atoms with van der Waals surface area (Å²) in [6.07, 6.45) is 3.79. The smallest absolute Gasteiger partial charge is 0.0702 e. The second-order valence-electron chi connectivity index (χ2n) is 5.00. The molecule has 1 fully saturated rings. The zero-order valence-corrected chi connectivity index (χ0v) is 11.1. The molecule has 1 aromatic rings. The molecule has 0 bridgehead atoms. The minimum absolute atomic E-state index is 0.397. The van der Waals surface area contributed by atoms with Gasteiger partial charge in [0.15, 0.2) is 0 Å². The fourth-order valence-electron chi connectivity index (χ4n) is 2.47. The fraction of sp³-hybridized carbons (Fsp3) is 0.600. The Balaban J connectivity index is 1.76. The molecule has 1 aliphatic heterocycles. The highest BCUT2D eigenvalue weighted by atomic mass is 16.5. The molecule has 1 heterocycles. The summed E-state index contributed by atoms with van der Waals surface area (Å²) >= 11 is 0. The van der Waals surface area contributed by atoms with Crippen molar-refractivity contribution < 1.29 is 4.74 Å². The van der Waals surface area contributed by atoms with Gasteiger partial charge in [0.1, 0.15) is 0 Å². The third kappa shape index (κ3) is 4.41. The molecular formula is C15H24N2O. The molecule has 1 atom stereocenters. The predicted molar refractivity (Wildman–Crippen MR) is 74.4 cm³/mol. The van der Waals surface area contributed by atoms with Crippen LogP contribution in [0.4, 0.5) is 0 Å². The Morgan fingerprint density at radius 3 is 2.89 bits per heavy atom. The maximum Gasteiger partial charge on any atom is 0.0702 e. The number of nitrogens with two attached hydrogens (primary N) is 1. The maximum atomic E-state index is 5.87. The summed E-state index contributed by atoms with van der Waals surface area (Å²) in [5.74, 6) is 0. The van der Waals surface area contributed by atoms with E-state index in [1.165, 1.54) is 24.9 Å². The summed E-state index contributed by atoms with van der Waals surface area (Å²) in [6, 6.07) is 10.7. The van der Waals surface area contributed by atoms with Crippen LogP contribution in [0.1, 0.15) is 24.8 Å². The molecule has 1 aromatic carbocycles. The van der Waals surface area contributed by atoms with Gasteiger partial charge in [-0.15, -0.1) is 0 Å². The van der Waals surface area contributed by atoms with Gasteiger partial charge in [-0.3, -0.25) is 4.90 Å². The third-order valence-corrected chi connectivity index (χ3v) is 3.41. The number of ether oxygens (including phenoxy) is 1. The van der Waals surface area contributed by atoms with Crippen molar-refractivity contribution in [1.82, 2.24) is 4.90 Å². The van der Waals surface area contributed by atoms with Crippen molar-refractivity contribution in [3.63, 3.8) is 0 Å². The largest absolute Gasteiger partial charge is 0.377 e. The first-order valence-electron chi connectivity index (χ1n) is 6.96. The summed E-state index contributed by atoms with van der Waals surface area (Å²) in [5.41, 5.74) is 6.87. The molecule has 0 aromatic heterocycles. The molecule has 0 aliphatic carbocycles. The molecule has 3 heteroatoms. The molecule has 0 amide bonds. The first kappa shape index (κ1) is 13.5. The van der Waals surface area contributed by atoms with Gasteiger partial charge in [-0.25, -0.2) is 0 Å². The van der Waals surface area contributed by atoms with Crippen LogP contribution in [0.15, 0.2) is 30.3 Å². The number of likely N-dealkylation sites (tertiary alicyclic amines) is 1. The molecule has 100 valence electrons. The zero-order chi connectivity index (χ0) is 12.6. The topological polar surface area (TPSA) is 38.5 Å². The van der Waals surface area contributed by atoms with Crippen LogP contribution < -0.4 is 5.73 Å². The number of piperidine rings is 1. The number of nitrogens with zero attached hydrogens (tertiary/aromatic N) is 1. The monoisotopic (exact) mass is 248 g/mol. The minimum atomic E-state index is 0.397. The van der Waals surface area contributed by atoms with Gasteiger partial charge < -0.3 is 10.5 Å². The normalized spacial score (nSPS) is 21.1. The van der Waals surface area contributed by atoms with Crippen molar-refractivity contribution in [3.8, 4) is 0 Å². The fourth-order valence-corrected chi connectivity index (χ4v) is 2.47. The van der Waals surface area contributed by atoms with Crippen molar-refractivity contribution in [2.24, 2.45) is 5.73 Å². The van der Waals surface area contributed by atoms with Crippen molar-refractivity contribution in [2.45, 2.75) is 31.9 Å². The number of rotatable bonds is 6. The van der Waals surface area contributed by atoms with E-state index in [0.717, 1.165) is 32.7 Å². The van der Waals surface area contributed by atoms with Crippen molar-refractivity contribution in [2.75, 3.05) is 26.2 Å². The van der Waals surface area contributed by atoms with E-state index in [4.69, 9.17) is 10.5 Å². The maximum absolute atomic E-state index is 5.87. The molecule has 1 saturated heterocycles. The molecule has 0 radical (unpaired) electrons. The van der Waals surface area contributed by atoms with Gasteiger partial charge in [-0.2, -0.15) is 0 Å². The van der Waals surface area contributed by atoms with Gasteiger partial charge in [-0.1, -0.05) is 30.3 Å². The van der Waals surface area contributed by atoms with Crippen LogP contribution in [0.25, 0.3) is 0 Å². The molecular weight excluding hydrogens is 224 g/mol. The molecule has 0 spiro atoms. The van der Waals surface area contributed by atoms with Crippen LogP contribution in [0.5, 0.6) is 0 Å². The Hall–Kier alpha value is -0.900. The SMILES string of the molecule is NCCCOC1CCCN(Cc2ccccc2)C1. The minimum Gasteiger partial charge on any atom is -0.377 e. The van der Waals surface area contributed by atoms with Crippen LogP contribution in [0, 0.1) is 0 Å². The number of hydrogen-bond donors (Lipinski definition) is 1. The highest BCUT2D eigenvalue weighted by Gasteiger charge is 2.20. The van der Waals surface area contributed by atoms with E-state index >= 15 is 0 Å². The third-order valence-electron chi connectivity index (χ3n) is 3.41. The Morgan fingerprint density at radius 1 is 1.28 bits per heavy atom. The van der Waals surface area contributed by atoms with Gasteiger partial charge in [0, 0.05) is 19.7 Å². The van der Waals surface area contributed by atoms with E-state index in [0.29, 0.717) is 6.10 Å². The Kier molecular flexibility index (Phi) is 5.65.